The minimum absolute atomic E-state index is 0.0116. The fourth-order valence-electron chi connectivity index (χ4n) is 6.79. The second kappa shape index (κ2) is 11.7. The first-order chi connectivity index (χ1) is 21.2. The maximum atomic E-state index is 14.0. The number of aliphatic hydroxyl groups excluding tert-OH is 3. The van der Waals surface area contributed by atoms with E-state index in [2.05, 4.69) is 5.32 Å². The van der Waals surface area contributed by atoms with Gasteiger partial charge < -0.3 is 45.6 Å². The third-order valence-corrected chi connectivity index (χ3v) is 11.1. The molecule has 5 rings (SSSR count). The highest BCUT2D eigenvalue weighted by molar-refractivity contribution is 7.54. The third-order valence-electron chi connectivity index (χ3n) is 8.84. The van der Waals surface area contributed by atoms with E-state index in [1.165, 1.54) is 6.07 Å². The number of carbonyl (C=O) groups excluding carboxylic acids is 3. The lowest BCUT2D eigenvalue weighted by Gasteiger charge is -2.50. The summed E-state index contributed by atoms with van der Waals surface area (Å²) < 4.78 is 25.2. The van der Waals surface area contributed by atoms with Crippen LogP contribution in [0.3, 0.4) is 0 Å². The Balaban J connectivity index is 1.66. The first-order valence-corrected chi connectivity index (χ1v) is 16.1. The van der Waals surface area contributed by atoms with E-state index in [1.807, 2.05) is 0 Å². The number of carbonyl (C=O) groups is 3. The molecule has 0 aromatic heterocycles. The minimum Gasteiger partial charge on any atom is -0.508 e. The number of phenolic OH excluding ortho intramolecular Hbond substituents is 1. The molecule has 6 unspecified atom stereocenters. The average molecular weight is 643 g/mol. The third kappa shape index (κ3) is 4.86. The molecular formula is C31H35N2O11P. The number of amides is 1. The molecule has 0 heterocycles. The fourth-order valence-corrected chi connectivity index (χ4v) is 8.71. The number of aromatic hydroxyl groups is 1. The van der Waals surface area contributed by atoms with Gasteiger partial charge in [0.25, 0.3) is 5.91 Å². The van der Waals surface area contributed by atoms with Crippen molar-refractivity contribution < 1.29 is 53.5 Å². The summed E-state index contributed by atoms with van der Waals surface area (Å²) >= 11 is 0. The Morgan fingerprint density at radius 1 is 1.09 bits per heavy atom. The first kappa shape index (κ1) is 32.4. The number of benzene rings is 2. The van der Waals surface area contributed by atoms with Crippen molar-refractivity contribution in [1.82, 2.24) is 0 Å². The molecule has 240 valence electrons. The van der Waals surface area contributed by atoms with Gasteiger partial charge in [0.15, 0.2) is 17.2 Å². The monoisotopic (exact) mass is 642 g/mol. The highest BCUT2D eigenvalue weighted by Crippen LogP contribution is 2.62. The maximum Gasteiger partial charge on any atom is 0.357 e. The van der Waals surface area contributed by atoms with Gasteiger partial charge in [-0.15, -0.1) is 0 Å². The number of rotatable bonds is 9. The summed E-state index contributed by atoms with van der Waals surface area (Å²) in [7, 11) is -3.90. The molecule has 8 N–H and O–H groups in total. The van der Waals surface area contributed by atoms with Crippen molar-refractivity contribution in [3.63, 3.8) is 0 Å². The van der Waals surface area contributed by atoms with Crippen LogP contribution in [0.15, 0.2) is 59.4 Å². The van der Waals surface area contributed by atoms with Crippen molar-refractivity contribution >= 4 is 36.5 Å². The molecule has 2 aromatic rings. The molecule has 0 aliphatic heterocycles. The van der Waals surface area contributed by atoms with Crippen molar-refractivity contribution in [2.24, 2.45) is 17.6 Å². The summed E-state index contributed by atoms with van der Waals surface area (Å²) in [5.41, 5.74) is 1.44. The number of Topliss-reactive ketones (excluding diaryl/α,β-unsaturated/α-hetero) is 2. The van der Waals surface area contributed by atoms with E-state index >= 15 is 0 Å². The smallest absolute Gasteiger partial charge is 0.357 e. The van der Waals surface area contributed by atoms with Gasteiger partial charge in [-0.25, -0.2) is 0 Å². The number of nitrogens with two attached hydrogens (primary N) is 1. The molecule has 1 amide bonds. The molecule has 0 spiro atoms. The van der Waals surface area contributed by atoms with Gasteiger partial charge in [-0.05, 0) is 37.0 Å². The van der Waals surface area contributed by atoms with Crippen molar-refractivity contribution in [3.05, 3.63) is 76.1 Å². The van der Waals surface area contributed by atoms with E-state index in [0.717, 1.165) is 0 Å². The van der Waals surface area contributed by atoms with Gasteiger partial charge >= 0.3 is 7.60 Å². The van der Waals surface area contributed by atoms with E-state index < -0.39 is 95.1 Å². The standard InChI is InChI=1S/C31H35N2O11P/c1-4-43-45(42,44-5-2)30(15-9-7-6-8-10-15)33-18-12-11-16-14(3)20-23(26(37)21(16)25(18)36)28(39)31(41)17(24(20)35)13-19(34)22(27(31)38)29(32)40/h6-12,14,17,20,24,30,33,35-38,41H,4-5,13H2,1-3H3,(H2,32,40). The summed E-state index contributed by atoms with van der Waals surface area (Å²) in [6.07, 6.45) is -2.30. The molecule has 3 aliphatic carbocycles. The topological polar surface area (TPSA) is 226 Å². The number of anilines is 1. The fraction of sp³-hybridized carbons (Fsp3) is 0.387. The zero-order valence-electron chi connectivity index (χ0n) is 24.8. The predicted molar refractivity (Wildman–Crippen MR) is 161 cm³/mol. The number of primary amides is 1. The van der Waals surface area contributed by atoms with Gasteiger partial charge in [0.1, 0.15) is 22.8 Å². The van der Waals surface area contributed by atoms with Crippen molar-refractivity contribution in [2.45, 2.75) is 50.6 Å². The van der Waals surface area contributed by atoms with Gasteiger partial charge in [0.05, 0.1) is 30.6 Å². The number of ketones is 2. The van der Waals surface area contributed by atoms with Gasteiger partial charge in [0, 0.05) is 23.8 Å². The molecule has 0 saturated heterocycles. The van der Waals surface area contributed by atoms with Crippen LogP contribution >= 0.6 is 7.60 Å². The average Bonchev–Trinajstić information content (AvgIpc) is 2.99. The normalized spacial score (nSPS) is 27.0. The van der Waals surface area contributed by atoms with Crippen LogP contribution in [0.25, 0.3) is 5.76 Å². The van der Waals surface area contributed by atoms with Crippen molar-refractivity contribution in [3.8, 4) is 5.75 Å². The lowest BCUT2D eigenvalue weighted by atomic mass is 9.55. The number of aliphatic hydroxyl groups is 4. The SMILES string of the molecule is CCOP(=O)(OCC)C(Nc1ccc2c(c1O)C(O)=C1C(=O)C3(O)C(O)=C(C(N)=O)C(=O)CC3C(O)C1C2C)c1ccccc1. The second-order valence-corrected chi connectivity index (χ2v) is 13.4. The Morgan fingerprint density at radius 3 is 2.29 bits per heavy atom. The van der Waals surface area contributed by atoms with Gasteiger partial charge in [-0.2, -0.15) is 0 Å². The van der Waals surface area contributed by atoms with Gasteiger partial charge in [-0.3, -0.25) is 18.9 Å². The maximum absolute atomic E-state index is 14.0. The van der Waals surface area contributed by atoms with Crippen LogP contribution in [-0.4, -0.2) is 67.9 Å². The van der Waals surface area contributed by atoms with E-state index in [-0.39, 0.29) is 24.5 Å². The molecule has 0 radical (unpaired) electrons. The Morgan fingerprint density at radius 2 is 1.71 bits per heavy atom. The summed E-state index contributed by atoms with van der Waals surface area (Å²) in [5, 5.41) is 59.9. The van der Waals surface area contributed by atoms with E-state index in [4.69, 9.17) is 14.8 Å². The summed E-state index contributed by atoms with van der Waals surface area (Å²) in [4.78, 5) is 38.5. The molecule has 14 heteroatoms. The zero-order valence-corrected chi connectivity index (χ0v) is 25.7. The zero-order chi connectivity index (χ0) is 33.0. The highest BCUT2D eigenvalue weighted by Gasteiger charge is 2.65. The number of phenols is 1. The lowest BCUT2D eigenvalue weighted by molar-refractivity contribution is -0.160. The molecule has 45 heavy (non-hydrogen) atoms. The van der Waals surface area contributed by atoms with Crippen LogP contribution in [-0.2, 0) is 28.0 Å². The van der Waals surface area contributed by atoms with E-state index in [0.29, 0.717) is 11.1 Å². The lowest BCUT2D eigenvalue weighted by Crippen LogP contribution is -2.63. The Bertz CT molecular complexity index is 1680. The molecule has 2 aromatic carbocycles. The number of hydrogen-bond donors (Lipinski definition) is 7. The molecule has 3 aliphatic rings. The van der Waals surface area contributed by atoms with Gasteiger partial charge in [0.2, 0.25) is 5.78 Å². The number of nitrogens with one attached hydrogen (secondary N) is 1. The molecule has 6 atom stereocenters. The molecule has 1 fully saturated rings. The van der Waals surface area contributed by atoms with Crippen LogP contribution in [0, 0.1) is 11.8 Å². The molecule has 1 saturated carbocycles. The van der Waals surface area contributed by atoms with Crippen molar-refractivity contribution in [1.29, 1.82) is 0 Å². The van der Waals surface area contributed by atoms with Crippen LogP contribution in [0.2, 0.25) is 0 Å². The Hall–Kier alpha value is -4.00. The quantitative estimate of drug-likeness (QED) is 0.119. The largest absolute Gasteiger partial charge is 0.508 e. The van der Waals surface area contributed by atoms with E-state index in [1.54, 1.807) is 57.2 Å². The summed E-state index contributed by atoms with van der Waals surface area (Å²) in [6.45, 7) is 5.05. The van der Waals surface area contributed by atoms with E-state index in [9.17, 15) is 44.5 Å². The Labute approximate surface area is 258 Å². The van der Waals surface area contributed by atoms with Gasteiger partial charge in [-0.1, -0.05) is 43.3 Å². The molecular weight excluding hydrogens is 607 g/mol. The highest BCUT2D eigenvalue weighted by atomic mass is 31.2. The van der Waals surface area contributed by atoms with Crippen LogP contribution in [0.1, 0.15) is 55.6 Å². The molecule has 13 nitrogen and oxygen atoms in total. The number of hydrogen-bond acceptors (Lipinski definition) is 12. The Kier molecular flexibility index (Phi) is 8.45. The van der Waals surface area contributed by atoms with Crippen molar-refractivity contribution in [2.75, 3.05) is 18.5 Å². The minimum atomic E-state index is -3.90. The molecule has 0 bridgehead atoms. The summed E-state index contributed by atoms with van der Waals surface area (Å²) in [5.74, 6) is -10.8. The predicted octanol–water partition coefficient (Wildman–Crippen LogP) is 3.33. The second-order valence-electron chi connectivity index (χ2n) is 11.2. The number of fused-ring (bicyclic) bond motifs is 3. The van der Waals surface area contributed by atoms with Crippen LogP contribution in [0.4, 0.5) is 5.69 Å². The van der Waals surface area contributed by atoms with Crippen LogP contribution < -0.4 is 11.1 Å². The van der Waals surface area contributed by atoms with Crippen LogP contribution in [0.5, 0.6) is 5.75 Å². The first-order valence-electron chi connectivity index (χ1n) is 14.5. The summed E-state index contributed by atoms with van der Waals surface area (Å²) in [6, 6.07) is 11.6.